The number of nitro groups is 1. The standard InChI is InChI=1S/C28H33N5O5/c1-18-15-22(32(2)3)17-27(29-18)30-19-5-7-20(8-6-19)31-28(34)25-16-21(33(35)36)9-14-26(25)38-24-12-10-23(37-4)11-13-24/h9-17,19-20H,5-8H2,1-4H3,(H,29,30)(H,31,34)/t19-,20+. The van der Waals surface area contributed by atoms with Crippen molar-refractivity contribution in [2.45, 2.75) is 44.7 Å². The van der Waals surface area contributed by atoms with Crippen LogP contribution in [0.25, 0.3) is 0 Å². The summed E-state index contributed by atoms with van der Waals surface area (Å²) in [6.07, 6.45) is 3.28. The van der Waals surface area contributed by atoms with E-state index in [0.717, 1.165) is 42.9 Å². The molecule has 0 radical (unpaired) electrons. The second-order valence-electron chi connectivity index (χ2n) is 9.63. The summed E-state index contributed by atoms with van der Waals surface area (Å²) < 4.78 is 11.1. The van der Waals surface area contributed by atoms with Crippen LogP contribution in [-0.2, 0) is 0 Å². The van der Waals surface area contributed by atoms with E-state index in [0.29, 0.717) is 11.5 Å². The lowest BCUT2D eigenvalue weighted by Gasteiger charge is -2.30. The number of aromatic nitrogens is 1. The van der Waals surface area contributed by atoms with E-state index in [-0.39, 0.29) is 29.1 Å². The summed E-state index contributed by atoms with van der Waals surface area (Å²) in [5.41, 5.74) is 1.98. The highest BCUT2D eigenvalue weighted by atomic mass is 16.6. The van der Waals surface area contributed by atoms with Crippen LogP contribution in [0.1, 0.15) is 41.7 Å². The second-order valence-corrected chi connectivity index (χ2v) is 9.63. The molecule has 0 saturated heterocycles. The third kappa shape index (κ3) is 6.70. The van der Waals surface area contributed by atoms with Gasteiger partial charge < -0.3 is 25.0 Å². The second kappa shape index (κ2) is 11.8. The van der Waals surface area contributed by atoms with Crippen molar-refractivity contribution in [1.82, 2.24) is 10.3 Å². The van der Waals surface area contributed by atoms with Gasteiger partial charge in [0.05, 0.1) is 17.6 Å². The molecule has 2 N–H and O–H groups in total. The normalized spacial score (nSPS) is 16.8. The minimum Gasteiger partial charge on any atom is -0.497 e. The van der Waals surface area contributed by atoms with Gasteiger partial charge in [-0.25, -0.2) is 4.98 Å². The van der Waals surface area contributed by atoms with Gasteiger partial charge in [0.25, 0.3) is 11.6 Å². The average Bonchev–Trinajstić information content (AvgIpc) is 2.90. The largest absolute Gasteiger partial charge is 0.497 e. The van der Waals surface area contributed by atoms with Gasteiger partial charge in [-0.05, 0) is 69.0 Å². The lowest BCUT2D eigenvalue weighted by Crippen LogP contribution is -2.40. The van der Waals surface area contributed by atoms with Crippen molar-refractivity contribution in [3.8, 4) is 17.2 Å². The molecule has 38 heavy (non-hydrogen) atoms. The molecule has 0 atom stereocenters. The van der Waals surface area contributed by atoms with E-state index in [1.807, 2.05) is 38.1 Å². The summed E-state index contributed by atoms with van der Waals surface area (Å²) in [5, 5.41) is 18.0. The third-order valence-electron chi connectivity index (χ3n) is 6.57. The maximum atomic E-state index is 13.2. The van der Waals surface area contributed by atoms with Crippen molar-refractivity contribution in [3.05, 3.63) is 76.0 Å². The Morgan fingerprint density at radius 2 is 1.66 bits per heavy atom. The SMILES string of the molecule is COc1ccc(Oc2ccc([N+](=O)[O-])cc2C(=O)N[C@H]2CC[C@@H](Nc3cc(N(C)C)cc(C)n3)CC2)cc1. The molecule has 1 aliphatic carbocycles. The zero-order chi connectivity index (χ0) is 27.2. The number of methoxy groups -OCH3 is 1. The molecule has 3 aromatic rings. The molecule has 1 amide bonds. The van der Waals surface area contributed by atoms with Gasteiger partial charge in [-0.15, -0.1) is 0 Å². The van der Waals surface area contributed by atoms with Gasteiger partial charge in [0.15, 0.2) is 0 Å². The van der Waals surface area contributed by atoms with Gasteiger partial charge in [-0.3, -0.25) is 14.9 Å². The van der Waals surface area contributed by atoms with Crippen LogP contribution in [0.3, 0.4) is 0 Å². The summed E-state index contributed by atoms with van der Waals surface area (Å²) in [6.45, 7) is 1.98. The fourth-order valence-corrected chi connectivity index (χ4v) is 4.51. The minimum atomic E-state index is -0.522. The number of aryl methyl sites for hydroxylation is 1. The summed E-state index contributed by atoms with van der Waals surface area (Å²) in [7, 11) is 5.57. The molecule has 1 saturated carbocycles. The van der Waals surface area contributed by atoms with Gasteiger partial charge in [-0.1, -0.05) is 0 Å². The number of carbonyl (C=O) groups is 1. The highest BCUT2D eigenvalue weighted by Crippen LogP contribution is 2.31. The van der Waals surface area contributed by atoms with Crippen LogP contribution in [0.15, 0.2) is 54.6 Å². The number of hydrogen-bond acceptors (Lipinski definition) is 8. The molecule has 1 fully saturated rings. The first-order valence-electron chi connectivity index (χ1n) is 12.6. The van der Waals surface area contributed by atoms with Crippen LogP contribution in [0.5, 0.6) is 17.2 Å². The van der Waals surface area contributed by atoms with Crippen molar-refractivity contribution >= 4 is 23.1 Å². The first-order chi connectivity index (χ1) is 18.2. The van der Waals surface area contributed by atoms with Crippen molar-refractivity contribution in [2.24, 2.45) is 0 Å². The van der Waals surface area contributed by atoms with Gasteiger partial charge in [0.2, 0.25) is 0 Å². The topological polar surface area (TPSA) is 119 Å². The molecule has 0 bridgehead atoms. The van der Waals surface area contributed by atoms with E-state index in [1.54, 1.807) is 31.4 Å². The highest BCUT2D eigenvalue weighted by molar-refractivity contribution is 5.98. The number of nitro benzene ring substituents is 1. The van der Waals surface area contributed by atoms with Gasteiger partial charge >= 0.3 is 0 Å². The maximum absolute atomic E-state index is 13.2. The molecule has 4 rings (SSSR count). The zero-order valence-electron chi connectivity index (χ0n) is 22.1. The van der Waals surface area contributed by atoms with Crippen LogP contribution in [0.4, 0.5) is 17.2 Å². The van der Waals surface area contributed by atoms with E-state index in [4.69, 9.17) is 9.47 Å². The predicted octanol–water partition coefficient (Wildman–Crippen LogP) is 5.32. The maximum Gasteiger partial charge on any atom is 0.270 e. The summed E-state index contributed by atoms with van der Waals surface area (Å²) in [5.74, 6) is 1.85. The van der Waals surface area contributed by atoms with Gasteiger partial charge in [0, 0.05) is 55.8 Å². The number of carbonyl (C=O) groups excluding carboxylic acids is 1. The van der Waals surface area contributed by atoms with Crippen LogP contribution in [0, 0.1) is 17.0 Å². The number of ether oxygens (including phenoxy) is 2. The van der Waals surface area contributed by atoms with Crippen molar-refractivity contribution in [2.75, 3.05) is 31.4 Å². The van der Waals surface area contributed by atoms with Gasteiger partial charge in [-0.2, -0.15) is 0 Å². The number of non-ortho nitro benzene ring substituents is 1. The van der Waals surface area contributed by atoms with Crippen LogP contribution in [-0.4, -0.2) is 49.1 Å². The summed E-state index contributed by atoms with van der Waals surface area (Å²) in [6, 6.07) is 15.2. The summed E-state index contributed by atoms with van der Waals surface area (Å²) in [4.78, 5) is 30.8. The Morgan fingerprint density at radius 1 is 1.00 bits per heavy atom. The Morgan fingerprint density at radius 3 is 2.29 bits per heavy atom. The van der Waals surface area contributed by atoms with E-state index >= 15 is 0 Å². The number of benzene rings is 2. The predicted molar refractivity (Wildman–Crippen MR) is 147 cm³/mol. The number of rotatable bonds is 9. The smallest absolute Gasteiger partial charge is 0.270 e. The molecule has 1 aliphatic rings. The quantitative estimate of drug-likeness (QED) is 0.288. The number of hydrogen-bond donors (Lipinski definition) is 2. The Labute approximate surface area is 222 Å². The molecule has 1 aromatic heterocycles. The van der Waals surface area contributed by atoms with E-state index in [1.165, 1.54) is 18.2 Å². The molecule has 10 nitrogen and oxygen atoms in total. The number of pyridine rings is 1. The first kappa shape index (κ1) is 26.7. The van der Waals surface area contributed by atoms with Gasteiger partial charge in [0.1, 0.15) is 23.1 Å². The molecular formula is C28H33N5O5. The lowest BCUT2D eigenvalue weighted by molar-refractivity contribution is -0.384. The van der Waals surface area contributed by atoms with E-state index < -0.39 is 10.8 Å². The molecule has 200 valence electrons. The lowest BCUT2D eigenvalue weighted by atomic mass is 9.91. The Bertz CT molecular complexity index is 1290. The highest BCUT2D eigenvalue weighted by Gasteiger charge is 2.25. The number of nitrogens with zero attached hydrogens (tertiary/aromatic N) is 3. The Kier molecular flexibility index (Phi) is 8.30. The van der Waals surface area contributed by atoms with E-state index in [2.05, 4.69) is 15.6 Å². The van der Waals surface area contributed by atoms with Crippen LogP contribution < -0.4 is 25.0 Å². The number of nitrogens with one attached hydrogen (secondary N) is 2. The first-order valence-corrected chi connectivity index (χ1v) is 12.6. The number of anilines is 2. The van der Waals surface area contributed by atoms with E-state index in [9.17, 15) is 14.9 Å². The molecule has 0 spiro atoms. The Hall–Kier alpha value is -4.34. The average molecular weight is 520 g/mol. The zero-order valence-corrected chi connectivity index (χ0v) is 22.1. The molecule has 0 aliphatic heterocycles. The fraction of sp³-hybridized carbons (Fsp3) is 0.357. The molecule has 1 heterocycles. The van der Waals surface area contributed by atoms with Crippen LogP contribution >= 0.6 is 0 Å². The molecular weight excluding hydrogens is 486 g/mol. The third-order valence-corrected chi connectivity index (χ3v) is 6.57. The monoisotopic (exact) mass is 519 g/mol. The Balaban J connectivity index is 1.41. The molecule has 10 heteroatoms. The number of amides is 1. The fourth-order valence-electron chi connectivity index (χ4n) is 4.51. The van der Waals surface area contributed by atoms with Crippen molar-refractivity contribution < 1.29 is 19.2 Å². The molecule has 2 aromatic carbocycles. The molecule has 0 unspecified atom stereocenters. The van der Waals surface area contributed by atoms with Crippen molar-refractivity contribution in [1.29, 1.82) is 0 Å². The van der Waals surface area contributed by atoms with Crippen LogP contribution in [0.2, 0.25) is 0 Å². The van der Waals surface area contributed by atoms with Crippen molar-refractivity contribution in [3.63, 3.8) is 0 Å². The summed E-state index contributed by atoms with van der Waals surface area (Å²) >= 11 is 0. The minimum absolute atomic E-state index is 0.0450.